The second kappa shape index (κ2) is 6.01. The van der Waals surface area contributed by atoms with Crippen molar-refractivity contribution in [3.8, 4) is 6.07 Å². The van der Waals surface area contributed by atoms with Gasteiger partial charge in [-0.1, -0.05) is 12.6 Å². The van der Waals surface area contributed by atoms with Crippen LogP contribution in [0, 0.1) is 22.7 Å². The summed E-state index contributed by atoms with van der Waals surface area (Å²) >= 11 is 0. The number of sulfone groups is 1. The van der Waals surface area contributed by atoms with Crippen molar-refractivity contribution in [3.63, 3.8) is 0 Å². The van der Waals surface area contributed by atoms with Crippen molar-refractivity contribution >= 4 is 27.3 Å². The summed E-state index contributed by atoms with van der Waals surface area (Å²) in [5.74, 6) is -1.26. The van der Waals surface area contributed by atoms with Crippen LogP contribution in [0.3, 0.4) is 0 Å². The van der Waals surface area contributed by atoms with Crippen molar-refractivity contribution in [2.24, 2.45) is 11.3 Å². The van der Waals surface area contributed by atoms with Crippen LogP contribution in [-0.4, -0.2) is 49.7 Å². The molecule has 1 N–H and O–H groups in total. The second-order valence-electron chi connectivity index (χ2n) is 6.48. The molecule has 2 saturated heterocycles. The van der Waals surface area contributed by atoms with Gasteiger partial charge < -0.3 is 10.2 Å². The fourth-order valence-corrected chi connectivity index (χ4v) is 5.86. The van der Waals surface area contributed by atoms with Gasteiger partial charge in [0.05, 0.1) is 23.0 Å². The first-order valence-electron chi connectivity index (χ1n) is 7.73. The summed E-state index contributed by atoms with van der Waals surface area (Å²) in [4.78, 5) is 25.6. The molecule has 0 aliphatic carbocycles. The first-order valence-corrected chi connectivity index (χ1v) is 9.55. The molecule has 0 spiro atoms. The maximum absolute atomic E-state index is 12.7. The highest BCUT2D eigenvalue weighted by atomic mass is 32.2. The molecular formula is C17H17N3O4S. The summed E-state index contributed by atoms with van der Waals surface area (Å²) in [6.45, 7) is 3.72. The van der Waals surface area contributed by atoms with Gasteiger partial charge in [0.25, 0.3) is 5.91 Å². The first-order chi connectivity index (χ1) is 11.8. The van der Waals surface area contributed by atoms with Crippen LogP contribution in [0.2, 0.25) is 0 Å². The number of nitrogens with zero attached hydrogens (tertiary/aromatic N) is 2. The van der Waals surface area contributed by atoms with Gasteiger partial charge in [-0.05, 0) is 24.3 Å². The lowest BCUT2D eigenvalue weighted by Gasteiger charge is -2.20. The first kappa shape index (κ1) is 17.2. The number of rotatable bonds is 3. The average Bonchev–Trinajstić information content (AvgIpc) is 3.03. The molecule has 1 aromatic carbocycles. The highest BCUT2D eigenvalue weighted by Crippen LogP contribution is 2.43. The van der Waals surface area contributed by atoms with Crippen LogP contribution < -0.4 is 5.32 Å². The number of fused-ring (bicyclic) bond motifs is 1. The van der Waals surface area contributed by atoms with E-state index in [4.69, 9.17) is 0 Å². The Kier molecular flexibility index (Phi) is 4.13. The molecule has 2 fully saturated rings. The molecule has 0 bridgehead atoms. The Morgan fingerprint density at radius 2 is 2.20 bits per heavy atom. The lowest BCUT2D eigenvalue weighted by Crippen LogP contribution is -2.34. The number of likely N-dealkylation sites (tertiary alicyclic amines) is 1. The van der Waals surface area contributed by atoms with Crippen molar-refractivity contribution in [3.05, 3.63) is 42.5 Å². The van der Waals surface area contributed by atoms with Crippen molar-refractivity contribution in [1.82, 2.24) is 4.90 Å². The molecule has 2 aliphatic heterocycles. The Bertz CT molecular complexity index is 903. The SMILES string of the molecule is C=CC(=O)Nc1cccc(C(=O)N2C[C@@H]3CS(=O)(=O)C[C@@]3(C#N)C2)c1. The van der Waals surface area contributed by atoms with Crippen LogP contribution >= 0.6 is 0 Å². The van der Waals surface area contributed by atoms with E-state index in [0.717, 1.165) is 6.08 Å². The fourth-order valence-electron chi connectivity index (χ4n) is 3.53. The maximum atomic E-state index is 12.7. The zero-order valence-electron chi connectivity index (χ0n) is 13.4. The van der Waals surface area contributed by atoms with E-state index in [1.54, 1.807) is 24.3 Å². The molecular weight excluding hydrogens is 342 g/mol. The predicted octanol–water partition coefficient (Wildman–Crippen LogP) is 0.821. The number of anilines is 1. The molecule has 2 atom stereocenters. The van der Waals surface area contributed by atoms with Gasteiger partial charge in [-0.25, -0.2) is 8.42 Å². The van der Waals surface area contributed by atoms with Gasteiger partial charge in [0.15, 0.2) is 9.84 Å². The van der Waals surface area contributed by atoms with Crippen molar-refractivity contribution in [2.45, 2.75) is 0 Å². The number of nitrogens with one attached hydrogen (secondary N) is 1. The minimum Gasteiger partial charge on any atom is -0.337 e. The largest absolute Gasteiger partial charge is 0.337 e. The Labute approximate surface area is 145 Å². The molecule has 0 saturated carbocycles. The summed E-state index contributed by atoms with van der Waals surface area (Å²) < 4.78 is 23.7. The highest BCUT2D eigenvalue weighted by molar-refractivity contribution is 7.91. The lowest BCUT2D eigenvalue weighted by molar-refractivity contribution is -0.111. The molecule has 25 heavy (non-hydrogen) atoms. The van der Waals surface area contributed by atoms with Gasteiger partial charge in [0.2, 0.25) is 5.91 Å². The third-order valence-electron chi connectivity index (χ3n) is 4.70. The Balaban J connectivity index is 1.80. The smallest absolute Gasteiger partial charge is 0.253 e. The molecule has 1 aromatic rings. The third-order valence-corrected chi connectivity index (χ3v) is 6.57. The minimum absolute atomic E-state index is 0.0558. The fraction of sp³-hybridized carbons (Fsp3) is 0.353. The zero-order valence-corrected chi connectivity index (χ0v) is 14.3. The van der Waals surface area contributed by atoms with Gasteiger partial charge in [0.1, 0.15) is 0 Å². The molecule has 7 nitrogen and oxygen atoms in total. The van der Waals surface area contributed by atoms with Crippen LogP contribution in [0.5, 0.6) is 0 Å². The predicted molar refractivity (Wildman–Crippen MR) is 91.4 cm³/mol. The summed E-state index contributed by atoms with van der Waals surface area (Å²) in [6.07, 6.45) is 1.13. The normalized spacial score (nSPS) is 26.5. The number of carbonyl (C=O) groups excluding carboxylic acids is 2. The number of amides is 2. The average molecular weight is 359 g/mol. The van der Waals surface area contributed by atoms with Crippen molar-refractivity contribution in [2.75, 3.05) is 29.9 Å². The molecule has 0 aromatic heterocycles. The number of nitriles is 1. The van der Waals surface area contributed by atoms with E-state index in [1.165, 1.54) is 4.90 Å². The van der Waals surface area contributed by atoms with Crippen LogP contribution in [0.4, 0.5) is 5.69 Å². The highest BCUT2D eigenvalue weighted by Gasteiger charge is 2.57. The van der Waals surface area contributed by atoms with Crippen LogP contribution in [0.1, 0.15) is 10.4 Å². The second-order valence-corrected chi connectivity index (χ2v) is 8.59. The van der Waals surface area contributed by atoms with Gasteiger partial charge in [-0.15, -0.1) is 0 Å². The molecule has 0 radical (unpaired) electrons. The van der Waals surface area contributed by atoms with Crippen molar-refractivity contribution < 1.29 is 18.0 Å². The van der Waals surface area contributed by atoms with E-state index in [9.17, 15) is 23.3 Å². The number of hydrogen-bond donors (Lipinski definition) is 1. The number of benzene rings is 1. The van der Waals surface area contributed by atoms with Gasteiger partial charge >= 0.3 is 0 Å². The molecule has 2 heterocycles. The number of hydrogen-bond acceptors (Lipinski definition) is 5. The van der Waals surface area contributed by atoms with Gasteiger partial charge in [-0.2, -0.15) is 5.26 Å². The standard InChI is InChI=1S/C17H17N3O4S/c1-2-15(21)19-14-5-3-4-12(6-14)16(22)20-7-13-8-25(23,24)11-17(13,9-18)10-20/h2-6,13H,1,7-8,10-11H2,(H,19,21)/t13-,17-/m1/s1. The van der Waals surface area contributed by atoms with E-state index in [2.05, 4.69) is 18.0 Å². The van der Waals surface area contributed by atoms with Gasteiger partial charge in [-0.3, -0.25) is 9.59 Å². The Hall–Kier alpha value is -2.66. The number of carbonyl (C=O) groups is 2. The van der Waals surface area contributed by atoms with Crippen LogP contribution in [-0.2, 0) is 14.6 Å². The van der Waals surface area contributed by atoms with E-state index in [1.807, 2.05) is 0 Å². The molecule has 2 amide bonds. The topological polar surface area (TPSA) is 107 Å². The maximum Gasteiger partial charge on any atom is 0.253 e. The van der Waals surface area contributed by atoms with E-state index >= 15 is 0 Å². The van der Waals surface area contributed by atoms with Crippen molar-refractivity contribution in [1.29, 1.82) is 5.26 Å². The summed E-state index contributed by atoms with van der Waals surface area (Å²) in [5.41, 5.74) is -0.172. The van der Waals surface area contributed by atoms with Gasteiger partial charge in [0, 0.05) is 30.3 Å². The Morgan fingerprint density at radius 3 is 2.84 bits per heavy atom. The quantitative estimate of drug-likeness (QED) is 0.804. The van der Waals surface area contributed by atoms with Crippen LogP contribution in [0.15, 0.2) is 36.9 Å². The molecule has 0 unspecified atom stereocenters. The van der Waals surface area contributed by atoms with E-state index in [-0.39, 0.29) is 42.3 Å². The minimum atomic E-state index is -3.23. The Morgan fingerprint density at radius 1 is 1.44 bits per heavy atom. The molecule has 3 rings (SSSR count). The summed E-state index contributed by atoms with van der Waals surface area (Å²) in [5, 5.41) is 12.1. The zero-order chi connectivity index (χ0) is 18.2. The molecule has 2 aliphatic rings. The van der Waals surface area contributed by atoms with E-state index in [0.29, 0.717) is 11.3 Å². The summed E-state index contributed by atoms with van der Waals surface area (Å²) in [6, 6.07) is 8.60. The lowest BCUT2D eigenvalue weighted by atomic mass is 9.83. The monoisotopic (exact) mass is 359 g/mol. The third kappa shape index (κ3) is 3.15. The van der Waals surface area contributed by atoms with Crippen LogP contribution in [0.25, 0.3) is 0 Å². The summed E-state index contributed by atoms with van der Waals surface area (Å²) in [7, 11) is -3.23. The molecule has 8 heteroatoms. The van der Waals surface area contributed by atoms with E-state index < -0.39 is 15.3 Å². The molecule has 130 valence electrons.